The van der Waals surface area contributed by atoms with Gasteiger partial charge in [-0.15, -0.1) is 0 Å². The molecule has 0 spiro atoms. The Morgan fingerprint density at radius 3 is 2.37 bits per heavy atom. The maximum Gasteiger partial charge on any atom is 0.243 e. The van der Waals surface area contributed by atoms with Crippen molar-refractivity contribution in [2.75, 3.05) is 20.1 Å². The summed E-state index contributed by atoms with van der Waals surface area (Å²) < 4.78 is 32.5. The molecule has 2 heterocycles. The largest absolute Gasteiger partial charge is 0.467 e. The van der Waals surface area contributed by atoms with Gasteiger partial charge in [-0.3, -0.25) is 4.79 Å². The normalized spacial score (nSPS) is 17.6. The zero-order valence-corrected chi connectivity index (χ0v) is 16.8. The standard InChI is InChI=1S/C20H26N2O4S/c1-15-6-8-18(9-7-15)27(24,25)22-12-10-17(11-13-22)20(23)21(3)16(2)19-5-4-14-26-19/h4-9,14,16-17H,10-13H2,1-3H3. The van der Waals surface area contributed by atoms with Gasteiger partial charge in [-0.05, 0) is 51.0 Å². The minimum absolute atomic E-state index is 0.0336. The maximum atomic E-state index is 12.8. The van der Waals surface area contributed by atoms with Crippen LogP contribution >= 0.6 is 0 Å². The third-order valence-electron chi connectivity index (χ3n) is 5.35. The van der Waals surface area contributed by atoms with Gasteiger partial charge < -0.3 is 9.32 Å². The molecule has 1 amide bonds. The van der Waals surface area contributed by atoms with Crippen LogP contribution in [0.25, 0.3) is 0 Å². The molecule has 27 heavy (non-hydrogen) atoms. The highest BCUT2D eigenvalue weighted by Crippen LogP contribution is 2.28. The molecule has 1 aromatic heterocycles. The molecule has 1 aliphatic heterocycles. The van der Waals surface area contributed by atoms with Crippen LogP contribution in [0.15, 0.2) is 52.0 Å². The SMILES string of the molecule is Cc1ccc(S(=O)(=O)N2CCC(C(=O)N(C)C(C)c3ccco3)CC2)cc1. The molecule has 1 unspecified atom stereocenters. The van der Waals surface area contributed by atoms with Crippen molar-refractivity contribution in [1.29, 1.82) is 0 Å². The number of hydrogen-bond donors (Lipinski definition) is 0. The first kappa shape index (κ1) is 19.6. The molecule has 1 aliphatic rings. The Balaban J connectivity index is 1.62. The number of benzene rings is 1. The first-order valence-electron chi connectivity index (χ1n) is 9.17. The first-order chi connectivity index (χ1) is 12.8. The molecule has 3 rings (SSSR count). The molecular weight excluding hydrogens is 364 g/mol. The lowest BCUT2D eigenvalue weighted by atomic mass is 9.96. The Labute approximate surface area is 160 Å². The molecule has 0 saturated carbocycles. The lowest BCUT2D eigenvalue weighted by Gasteiger charge is -2.34. The Bertz CT molecular complexity index is 867. The van der Waals surface area contributed by atoms with E-state index in [-0.39, 0.29) is 17.9 Å². The van der Waals surface area contributed by atoms with Crippen molar-refractivity contribution in [3.05, 3.63) is 54.0 Å². The molecule has 1 aromatic carbocycles. The number of nitrogens with zero attached hydrogens (tertiary/aromatic N) is 2. The topological polar surface area (TPSA) is 70.8 Å². The van der Waals surface area contributed by atoms with Crippen molar-refractivity contribution in [3.63, 3.8) is 0 Å². The summed E-state index contributed by atoms with van der Waals surface area (Å²) in [4.78, 5) is 14.8. The summed E-state index contributed by atoms with van der Waals surface area (Å²) in [6.45, 7) is 4.56. The lowest BCUT2D eigenvalue weighted by molar-refractivity contribution is -0.137. The van der Waals surface area contributed by atoms with Crippen LogP contribution < -0.4 is 0 Å². The first-order valence-corrected chi connectivity index (χ1v) is 10.6. The highest BCUT2D eigenvalue weighted by Gasteiger charge is 2.34. The van der Waals surface area contributed by atoms with Crippen molar-refractivity contribution in [2.45, 2.75) is 37.6 Å². The van der Waals surface area contributed by atoms with Crippen LogP contribution in [0, 0.1) is 12.8 Å². The zero-order chi connectivity index (χ0) is 19.6. The van der Waals surface area contributed by atoms with Gasteiger partial charge in [0, 0.05) is 26.1 Å². The van der Waals surface area contributed by atoms with E-state index < -0.39 is 10.0 Å². The molecule has 7 heteroatoms. The fourth-order valence-electron chi connectivity index (χ4n) is 3.40. The molecule has 0 bridgehead atoms. The molecule has 1 atom stereocenters. The average Bonchev–Trinajstić information content (AvgIpc) is 3.21. The second kappa shape index (κ2) is 7.86. The van der Waals surface area contributed by atoms with Crippen molar-refractivity contribution in [2.24, 2.45) is 5.92 Å². The van der Waals surface area contributed by atoms with Gasteiger partial charge in [-0.2, -0.15) is 4.31 Å². The fourth-order valence-corrected chi connectivity index (χ4v) is 4.87. The fraction of sp³-hybridized carbons (Fsp3) is 0.450. The van der Waals surface area contributed by atoms with Crippen LogP contribution in [0.3, 0.4) is 0 Å². The number of hydrogen-bond acceptors (Lipinski definition) is 4. The van der Waals surface area contributed by atoms with Crippen molar-refractivity contribution in [3.8, 4) is 0 Å². The van der Waals surface area contributed by atoms with Gasteiger partial charge in [-0.25, -0.2) is 8.42 Å². The van der Waals surface area contributed by atoms with Crippen LogP contribution in [0.1, 0.15) is 37.1 Å². The van der Waals surface area contributed by atoms with E-state index in [1.807, 2.05) is 19.9 Å². The summed E-state index contributed by atoms with van der Waals surface area (Å²) in [5.74, 6) is 0.605. The minimum atomic E-state index is -3.51. The molecule has 146 valence electrons. The van der Waals surface area contributed by atoms with Crippen LogP contribution in [-0.4, -0.2) is 43.7 Å². The summed E-state index contributed by atoms with van der Waals surface area (Å²) in [6, 6.07) is 10.4. The number of amides is 1. The molecule has 2 aromatic rings. The Morgan fingerprint density at radius 1 is 1.19 bits per heavy atom. The van der Waals surface area contributed by atoms with E-state index in [9.17, 15) is 13.2 Å². The Kier molecular flexibility index (Phi) is 5.72. The van der Waals surface area contributed by atoms with E-state index in [1.54, 1.807) is 48.5 Å². The quantitative estimate of drug-likeness (QED) is 0.786. The Morgan fingerprint density at radius 2 is 1.81 bits per heavy atom. The predicted octanol–water partition coefficient (Wildman–Crippen LogP) is 3.21. The molecular formula is C20H26N2O4S. The molecule has 6 nitrogen and oxygen atoms in total. The Hall–Kier alpha value is -2.12. The predicted molar refractivity (Wildman–Crippen MR) is 103 cm³/mol. The maximum absolute atomic E-state index is 12.8. The number of rotatable bonds is 5. The van der Waals surface area contributed by atoms with Crippen molar-refractivity contribution >= 4 is 15.9 Å². The van der Waals surface area contributed by atoms with Gasteiger partial charge in [0.2, 0.25) is 15.9 Å². The molecule has 1 fully saturated rings. The number of piperidine rings is 1. The van der Waals surface area contributed by atoms with Gasteiger partial charge in [0.05, 0.1) is 17.2 Å². The highest BCUT2D eigenvalue weighted by atomic mass is 32.2. The average molecular weight is 391 g/mol. The number of sulfonamides is 1. The van der Waals surface area contributed by atoms with Gasteiger partial charge in [0.15, 0.2) is 0 Å². The summed E-state index contributed by atoms with van der Waals surface area (Å²) in [5.41, 5.74) is 1.02. The van der Waals surface area contributed by atoms with E-state index in [0.29, 0.717) is 30.8 Å². The van der Waals surface area contributed by atoms with E-state index in [2.05, 4.69) is 0 Å². The molecule has 1 saturated heterocycles. The summed E-state index contributed by atoms with van der Waals surface area (Å²) in [7, 11) is -1.74. The van der Waals surface area contributed by atoms with Gasteiger partial charge in [-0.1, -0.05) is 17.7 Å². The third kappa shape index (κ3) is 4.09. The number of carbonyl (C=O) groups is 1. The van der Waals surface area contributed by atoms with Crippen molar-refractivity contribution in [1.82, 2.24) is 9.21 Å². The molecule has 0 radical (unpaired) electrons. The minimum Gasteiger partial charge on any atom is -0.467 e. The van der Waals surface area contributed by atoms with Gasteiger partial charge in [0.25, 0.3) is 0 Å². The third-order valence-corrected chi connectivity index (χ3v) is 7.26. The van der Waals surface area contributed by atoms with Gasteiger partial charge in [0.1, 0.15) is 5.76 Å². The van der Waals surface area contributed by atoms with Crippen LogP contribution in [0.2, 0.25) is 0 Å². The van der Waals surface area contributed by atoms with Gasteiger partial charge >= 0.3 is 0 Å². The summed E-state index contributed by atoms with van der Waals surface area (Å²) in [5, 5.41) is 0. The van der Waals surface area contributed by atoms with Crippen molar-refractivity contribution < 1.29 is 17.6 Å². The second-order valence-corrected chi connectivity index (χ2v) is 9.07. The molecule has 0 N–H and O–H groups in total. The highest BCUT2D eigenvalue weighted by molar-refractivity contribution is 7.89. The van der Waals surface area contributed by atoms with E-state index >= 15 is 0 Å². The van der Waals surface area contributed by atoms with E-state index in [0.717, 1.165) is 11.3 Å². The molecule has 0 aliphatic carbocycles. The number of furan rings is 1. The lowest BCUT2D eigenvalue weighted by Crippen LogP contribution is -2.43. The van der Waals surface area contributed by atoms with Crippen LogP contribution in [0.5, 0.6) is 0 Å². The van der Waals surface area contributed by atoms with Crippen LogP contribution in [-0.2, 0) is 14.8 Å². The monoisotopic (exact) mass is 390 g/mol. The number of aryl methyl sites for hydroxylation is 1. The zero-order valence-electron chi connectivity index (χ0n) is 16.0. The number of carbonyl (C=O) groups excluding carboxylic acids is 1. The van der Waals surface area contributed by atoms with E-state index in [1.165, 1.54) is 4.31 Å². The second-order valence-electron chi connectivity index (χ2n) is 7.13. The van der Waals surface area contributed by atoms with E-state index in [4.69, 9.17) is 4.42 Å². The summed E-state index contributed by atoms with van der Waals surface area (Å²) >= 11 is 0. The van der Waals surface area contributed by atoms with Crippen LogP contribution in [0.4, 0.5) is 0 Å². The smallest absolute Gasteiger partial charge is 0.243 e. The summed E-state index contributed by atoms with van der Waals surface area (Å²) in [6.07, 6.45) is 2.65.